The highest BCUT2D eigenvalue weighted by molar-refractivity contribution is 5.84. The van der Waals surface area contributed by atoms with Crippen molar-refractivity contribution in [3.8, 4) is 22.6 Å². The summed E-state index contributed by atoms with van der Waals surface area (Å²) < 4.78 is 10.4. The molecule has 0 aliphatic carbocycles. The van der Waals surface area contributed by atoms with Gasteiger partial charge in [-0.1, -0.05) is 42.5 Å². The number of carbonyl (C=O) groups is 1. The number of benzene rings is 3. The number of hydrogen-bond acceptors (Lipinski definition) is 6. The first-order valence-electron chi connectivity index (χ1n) is 8.99. The van der Waals surface area contributed by atoms with E-state index in [0.717, 1.165) is 11.1 Å². The van der Waals surface area contributed by atoms with Crippen LogP contribution in [0.5, 0.6) is 11.5 Å². The summed E-state index contributed by atoms with van der Waals surface area (Å²) >= 11 is 0. The van der Waals surface area contributed by atoms with Crippen LogP contribution in [0, 0.1) is 10.1 Å². The molecular weight excluding hydrogens is 386 g/mol. The van der Waals surface area contributed by atoms with Crippen LogP contribution in [0.3, 0.4) is 0 Å². The van der Waals surface area contributed by atoms with Crippen molar-refractivity contribution in [2.24, 2.45) is 5.10 Å². The van der Waals surface area contributed by atoms with E-state index in [1.165, 1.54) is 25.5 Å². The highest BCUT2D eigenvalue weighted by Crippen LogP contribution is 2.26. The average Bonchev–Trinajstić information content (AvgIpc) is 2.78. The number of amides is 1. The number of nitrogens with one attached hydrogen (secondary N) is 1. The van der Waals surface area contributed by atoms with Crippen LogP contribution < -0.4 is 14.9 Å². The summed E-state index contributed by atoms with van der Waals surface area (Å²) in [5, 5.41) is 14.8. The highest BCUT2D eigenvalue weighted by Gasteiger charge is 2.14. The number of rotatable bonds is 8. The van der Waals surface area contributed by atoms with Gasteiger partial charge in [0.2, 0.25) is 0 Å². The maximum atomic E-state index is 11.9. The van der Waals surface area contributed by atoms with Crippen molar-refractivity contribution in [1.29, 1.82) is 0 Å². The molecule has 0 aliphatic rings. The van der Waals surface area contributed by atoms with Crippen molar-refractivity contribution >= 4 is 17.8 Å². The van der Waals surface area contributed by atoms with Crippen LogP contribution in [-0.4, -0.2) is 30.8 Å². The van der Waals surface area contributed by atoms with Crippen molar-refractivity contribution in [1.82, 2.24) is 5.43 Å². The Kier molecular flexibility index (Phi) is 6.73. The van der Waals surface area contributed by atoms with Gasteiger partial charge in [0.1, 0.15) is 5.75 Å². The van der Waals surface area contributed by atoms with Crippen LogP contribution in [0.4, 0.5) is 5.69 Å². The third-order valence-electron chi connectivity index (χ3n) is 4.13. The number of hydrazone groups is 1. The molecule has 0 aliphatic heterocycles. The number of nitrogens with zero attached hydrogens (tertiary/aromatic N) is 2. The first-order chi connectivity index (χ1) is 14.6. The largest absolute Gasteiger partial charge is 0.490 e. The molecule has 0 aromatic heterocycles. The van der Waals surface area contributed by atoms with Crippen LogP contribution in [0.2, 0.25) is 0 Å². The third kappa shape index (κ3) is 5.41. The average molecular weight is 405 g/mol. The molecule has 0 unspecified atom stereocenters. The van der Waals surface area contributed by atoms with Crippen LogP contribution in [0.25, 0.3) is 11.1 Å². The molecule has 0 radical (unpaired) electrons. The molecule has 0 bridgehead atoms. The highest BCUT2D eigenvalue weighted by atomic mass is 16.6. The molecule has 3 rings (SSSR count). The van der Waals surface area contributed by atoms with Crippen molar-refractivity contribution < 1.29 is 19.2 Å². The predicted molar refractivity (Wildman–Crippen MR) is 113 cm³/mol. The summed E-state index contributed by atoms with van der Waals surface area (Å²) in [6.45, 7) is -0.217. The van der Waals surface area contributed by atoms with Gasteiger partial charge in [0.15, 0.2) is 12.4 Å². The van der Waals surface area contributed by atoms with Gasteiger partial charge in [-0.2, -0.15) is 5.10 Å². The van der Waals surface area contributed by atoms with Crippen LogP contribution in [-0.2, 0) is 4.79 Å². The fraction of sp³-hybridized carbons (Fsp3) is 0.0909. The Morgan fingerprint density at radius 1 is 1.07 bits per heavy atom. The zero-order valence-corrected chi connectivity index (χ0v) is 16.1. The van der Waals surface area contributed by atoms with Gasteiger partial charge in [-0.05, 0) is 35.4 Å². The lowest BCUT2D eigenvalue weighted by molar-refractivity contribution is -0.385. The summed E-state index contributed by atoms with van der Waals surface area (Å²) in [6, 6.07) is 21.7. The summed E-state index contributed by atoms with van der Waals surface area (Å²) in [7, 11) is 1.35. The fourth-order valence-corrected chi connectivity index (χ4v) is 2.66. The predicted octanol–water partition coefficient (Wildman–Crippen LogP) is 3.80. The van der Waals surface area contributed by atoms with Crippen molar-refractivity contribution in [2.75, 3.05) is 13.7 Å². The Morgan fingerprint density at radius 2 is 1.77 bits per heavy atom. The number of carbonyl (C=O) groups excluding carboxylic acids is 1. The van der Waals surface area contributed by atoms with Crippen LogP contribution >= 0.6 is 0 Å². The maximum absolute atomic E-state index is 11.9. The fourth-order valence-electron chi connectivity index (χ4n) is 2.66. The summed E-state index contributed by atoms with van der Waals surface area (Å²) in [5.41, 5.74) is 4.72. The standard InChI is InChI=1S/C22H19N3O5/c1-29-21-12-7-16(13-20(21)25(27)28)14-23-24-22(26)15-30-19-10-8-18(9-11-19)17-5-3-2-4-6-17/h2-14H,15H2,1H3,(H,24,26)/b23-14-. The molecule has 8 nitrogen and oxygen atoms in total. The number of nitro groups is 1. The Labute approximate surface area is 172 Å². The molecule has 0 saturated carbocycles. The SMILES string of the molecule is COc1ccc(/C=N\NC(=O)COc2ccc(-c3ccccc3)cc2)cc1[N+](=O)[O-]. The molecule has 0 fully saturated rings. The van der Waals surface area contributed by atoms with Gasteiger partial charge in [-0.15, -0.1) is 0 Å². The smallest absolute Gasteiger partial charge is 0.311 e. The topological polar surface area (TPSA) is 103 Å². The van der Waals surface area contributed by atoms with E-state index in [9.17, 15) is 14.9 Å². The Balaban J connectivity index is 1.51. The van der Waals surface area contributed by atoms with Gasteiger partial charge in [-0.3, -0.25) is 14.9 Å². The lowest BCUT2D eigenvalue weighted by Crippen LogP contribution is -2.24. The molecule has 0 saturated heterocycles. The first-order valence-corrected chi connectivity index (χ1v) is 8.99. The lowest BCUT2D eigenvalue weighted by atomic mass is 10.1. The Hall–Kier alpha value is -4.20. The Morgan fingerprint density at radius 3 is 2.43 bits per heavy atom. The van der Waals surface area contributed by atoms with Gasteiger partial charge in [0, 0.05) is 11.6 Å². The molecule has 8 heteroatoms. The van der Waals surface area contributed by atoms with Gasteiger partial charge in [0.25, 0.3) is 5.91 Å². The number of methoxy groups -OCH3 is 1. The zero-order valence-electron chi connectivity index (χ0n) is 16.1. The number of ether oxygens (including phenoxy) is 2. The number of nitro benzene ring substituents is 1. The van der Waals surface area contributed by atoms with E-state index in [0.29, 0.717) is 11.3 Å². The minimum Gasteiger partial charge on any atom is -0.490 e. The van der Waals surface area contributed by atoms with Gasteiger partial charge in [-0.25, -0.2) is 5.43 Å². The van der Waals surface area contributed by atoms with Gasteiger partial charge < -0.3 is 9.47 Å². The second-order valence-corrected chi connectivity index (χ2v) is 6.16. The normalized spacial score (nSPS) is 10.6. The molecule has 3 aromatic carbocycles. The van der Waals surface area contributed by atoms with Crippen molar-refractivity contribution in [2.45, 2.75) is 0 Å². The lowest BCUT2D eigenvalue weighted by Gasteiger charge is -2.06. The van der Waals surface area contributed by atoms with Gasteiger partial charge >= 0.3 is 5.69 Å². The van der Waals surface area contributed by atoms with E-state index in [1.807, 2.05) is 42.5 Å². The van der Waals surface area contributed by atoms with E-state index in [2.05, 4.69) is 10.5 Å². The summed E-state index contributed by atoms with van der Waals surface area (Å²) in [6.07, 6.45) is 1.30. The van der Waals surface area contributed by atoms with Gasteiger partial charge in [0.05, 0.1) is 18.2 Å². The minimum absolute atomic E-state index is 0.146. The second kappa shape index (κ2) is 9.83. The minimum atomic E-state index is -0.550. The zero-order chi connectivity index (χ0) is 21.3. The molecule has 3 aromatic rings. The molecule has 1 amide bonds. The summed E-state index contributed by atoms with van der Waals surface area (Å²) in [5.74, 6) is 0.244. The summed E-state index contributed by atoms with van der Waals surface area (Å²) in [4.78, 5) is 22.4. The third-order valence-corrected chi connectivity index (χ3v) is 4.13. The van der Waals surface area contributed by atoms with E-state index >= 15 is 0 Å². The molecule has 152 valence electrons. The first kappa shape index (κ1) is 20.5. The number of hydrogen-bond donors (Lipinski definition) is 1. The van der Waals surface area contributed by atoms with E-state index in [1.54, 1.807) is 18.2 Å². The molecule has 0 heterocycles. The monoisotopic (exact) mass is 405 g/mol. The van der Waals surface area contributed by atoms with E-state index in [4.69, 9.17) is 9.47 Å². The van der Waals surface area contributed by atoms with E-state index < -0.39 is 10.8 Å². The molecule has 1 N–H and O–H groups in total. The van der Waals surface area contributed by atoms with Crippen LogP contribution in [0.1, 0.15) is 5.56 Å². The molecule has 30 heavy (non-hydrogen) atoms. The van der Waals surface area contributed by atoms with Crippen LogP contribution in [0.15, 0.2) is 77.9 Å². The molecular formula is C22H19N3O5. The second-order valence-electron chi connectivity index (χ2n) is 6.16. The van der Waals surface area contributed by atoms with Crippen molar-refractivity contribution in [3.63, 3.8) is 0 Å². The van der Waals surface area contributed by atoms with Crippen molar-refractivity contribution in [3.05, 3.63) is 88.5 Å². The Bertz CT molecular complexity index is 1050. The van der Waals surface area contributed by atoms with E-state index in [-0.39, 0.29) is 18.0 Å². The maximum Gasteiger partial charge on any atom is 0.311 e. The quantitative estimate of drug-likeness (QED) is 0.349. The molecule has 0 atom stereocenters. The molecule has 0 spiro atoms.